The van der Waals surface area contributed by atoms with Gasteiger partial charge in [-0.05, 0) is 30.9 Å². The molecule has 19 heavy (non-hydrogen) atoms. The molecular formula is C16H22O3. The van der Waals surface area contributed by atoms with Gasteiger partial charge in [-0.15, -0.1) is 0 Å². The van der Waals surface area contributed by atoms with E-state index >= 15 is 0 Å². The summed E-state index contributed by atoms with van der Waals surface area (Å²) >= 11 is 0. The molecule has 0 fully saturated rings. The third-order valence-corrected chi connectivity index (χ3v) is 3.65. The van der Waals surface area contributed by atoms with Gasteiger partial charge in [0.15, 0.2) is 0 Å². The monoisotopic (exact) mass is 262 g/mol. The van der Waals surface area contributed by atoms with Crippen molar-refractivity contribution in [1.29, 1.82) is 0 Å². The Balaban J connectivity index is 1.97. The minimum Gasteiger partial charge on any atom is -0.393 e. The van der Waals surface area contributed by atoms with Crippen molar-refractivity contribution in [2.75, 3.05) is 0 Å². The van der Waals surface area contributed by atoms with Gasteiger partial charge < -0.3 is 14.6 Å². The Bertz CT molecular complexity index is 414. The number of ether oxygens (including phenoxy) is 1. The van der Waals surface area contributed by atoms with Crippen molar-refractivity contribution in [3.63, 3.8) is 0 Å². The highest BCUT2D eigenvalue weighted by Gasteiger charge is 2.26. The van der Waals surface area contributed by atoms with Gasteiger partial charge in [0.2, 0.25) is 0 Å². The second-order valence-electron chi connectivity index (χ2n) is 5.34. The highest BCUT2D eigenvalue weighted by molar-refractivity contribution is 5.58. The maximum atomic E-state index is 11.0. The van der Waals surface area contributed by atoms with Gasteiger partial charge in [0, 0.05) is 6.42 Å². The van der Waals surface area contributed by atoms with Crippen LogP contribution in [0.15, 0.2) is 24.3 Å². The van der Waals surface area contributed by atoms with Crippen LogP contribution in [-0.2, 0) is 16.0 Å². The summed E-state index contributed by atoms with van der Waals surface area (Å²) in [6.45, 7) is 1.81. The number of hydrogen-bond donors (Lipinski definition) is 1. The van der Waals surface area contributed by atoms with E-state index in [1.165, 1.54) is 11.1 Å². The number of aliphatic hydroxyl groups excluding tert-OH is 1. The summed E-state index contributed by atoms with van der Waals surface area (Å²) < 4.78 is 5.84. The predicted octanol–water partition coefficient (Wildman–Crippen LogP) is 2.81. The lowest BCUT2D eigenvalue weighted by Gasteiger charge is -2.29. The molecule has 2 rings (SSSR count). The first-order valence-corrected chi connectivity index (χ1v) is 7.07. The van der Waals surface area contributed by atoms with E-state index in [9.17, 15) is 9.90 Å². The van der Waals surface area contributed by atoms with Gasteiger partial charge in [0.05, 0.1) is 12.2 Å². The first-order valence-electron chi connectivity index (χ1n) is 7.07. The summed E-state index contributed by atoms with van der Waals surface area (Å²) in [6.07, 6.45) is 4.80. The summed E-state index contributed by atoms with van der Waals surface area (Å²) in [5.74, 6) is 0. The third kappa shape index (κ3) is 3.88. The summed E-state index contributed by atoms with van der Waals surface area (Å²) in [5, 5.41) is 9.25. The maximum Gasteiger partial charge on any atom is 0.149 e. The van der Waals surface area contributed by atoms with Crippen molar-refractivity contribution in [1.82, 2.24) is 0 Å². The quantitative estimate of drug-likeness (QED) is 0.633. The molecular weight excluding hydrogens is 240 g/mol. The SMILES string of the molecule is CC(O)CCCC[C@H]1OC(C=O)Cc2ccccc21. The van der Waals surface area contributed by atoms with Gasteiger partial charge in [-0.25, -0.2) is 0 Å². The van der Waals surface area contributed by atoms with Gasteiger partial charge in [-0.1, -0.05) is 37.1 Å². The normalized spacial score (nSPS) is 23.7. The lowest BCUT2D eigenvalue weighted by molar-refractivity contribution is -0.123. The molecule has 1 aliphatic rings. The first-order chi connectivity index (χ1) is 9.20. The number of carbonyl (C=O) groups is 1. The maximum absolute atomic E-state index is 11.0. The summed E-state index contributed by atoms with van der Waals surface area (Å²) in [6, 6.07) is 8.20. The number of fused-ring (bicyclic) bond motifs is 1. The van der Waals surface area contributed by atoms with E-state index in [1.54, 1.807) is 0 Å². The van der Waals surface area contributed by atoms with E-state index in [4.69, 9.17) is 4.74 Å². The number of unbranched alkanes of at least 4 members (excludes halogenated alkanes) is 1. The molecule has 1 heterocycles. The summed E-state index contributed by atoms with van der Waals surface area (Å²) in [7, 11) is 0. The molecule has 3 nitrogen and oxygen atoms in total. The number of carbonyl (C=O) groups excluding carboxylic acids is 1. The molecule has 3 atom stereocenters. The highest BCUT2D eigenvalue weighted by Crippen LogP contribution is 2.33. The van der Waals surface area contributed by atoms with E-state index < -0.39 is 0 Å². The fourth-order valence-electron chi connectivity index (χ4n) is 2.66. The van der Waals surface area contributed by atoms with Crippen LogP contribution >= 0.6 is 0 Å². The third-order valence-electron chi connectivity index (χ3n) is 3.65. The molecule has 0 amide bonds. The minimum absolute atomic E-state index is 0.0224. The number of hydrogen-bond acceptors (Lipinski definition) is 3. The molecule has 0 radical (unpaired) electrons. The Morgan fingerprint density at radius 3 is 2.95 bits per heavy atom. The smallest absolute Gasteiger partial charge is 0.149 e. The molecule has 0 saturated carbocycles. The Hall–Kier alpha value is -1.19. The molecule has 0 saturated heterocycles. The molecule has 2 unspecified atom stereocenters. The second-order valence-corrected chi connectivity index (χ2v) is 5.34. The zero-order chi connectivity index (χ0) is 13.7. The Morgan fingerprint density at radius 1 is 1.42 bits per heavy atom. The van der Waals surface area contributed by atoms with Gasteiger partial charge >= 0.3 is 0 Å². The van der Waals surface area contributed by atoms with Gasteiger partial charge in [0.25, 0.3) is 0 Å². The Labute approximate surface area is 114 Å². The van der Waals surface area contributed by atoms with E-state index in [1.807, 2.05) is 19.1 Å². The number of rotatable bonds is 6. The molecule has 3 heteroatoms. The van der Waals surface area contributed by atoms with Crippen LogP contribution in [-0.4, -0.2) is 23.6 Å². The Kier molecular flexibility index (Phi) is 5.11. The average molecular weight is 262 g/mol. The molecule has 1 N–H and O–H groups in total. The van der Waals surface area contributed by atoms with E-state index in [-0.39, 0.29) is 18.3 Å². The largest absolute Gasteiger partial charge is 0.393 e. The van der Waals surface area contributed by atoms with Crippen LogP contribution in [0.25, 0.3) is 0 Å². The van der Waals surface area contributed by atoms with Crippen LogP contribution in [0.2, 0.25) is 0 Å². The van der Waals surface area contributed by atoms with Gasteiger partial charge in [0.1, 0.15) is 12.4 Å². The van der Waals surface area contributed by atoms with Crippen molar-refractivity contribution < 1.29 is 14.6 Å². The van der Waals surface area contributed by atoms with Crippen molar-refractivity contribution in [2.24, 2.45) is 0 Å². The summed E-state index contributed by atoms with van der Waals surface area (Å²) in [5.41, 5.74) is 2.45. The van der Waals surface area contributed by atoms with Crippen LogP contribution in [0.5, 0.6) is 0 Å². The predicted molar refractivity (Wildman–Crippen MR) is 74.0 cm³/mol. The first kappa shape index (κ1) is 14.2. The van der Waals surface area contributed by atoms with Gasteiger partial charge in [-0.2, -0.15) is 0 Å². The highest BCUT2D eigenvalue weighted by atomic mass is 16.5. The fraction of sp³-hybridized carbons (Fsp3) is 0.562. The van der Waals surface area contributed by atoms with Crippen LogP contribution in [0.1, 0.15) is 49.8 Å². The lowest BCUT2D eigenvalue weighted by Crippen LogP contribution is -2.27. The molecule has 0 bridgehead atoms. The van der Waals surface area contributed by atoms with Crippen molar-refractivity contribution in [3.05, 3.63) is 35.4 Å². The van der Waals surface area contributed by atoms with E-state index in [2.05, 4.69) is 12.1 Å². The average Bonchev–Trinajstić information content (AvgIpc) is 2.42. The van der Waals surface area contributed by atoms with E-state index in [0.717, 1.165) is 32.0 Å². The molecule has 1 aromatic carbocycles. The van der Waals surface area contributed by atoms with Crippen LogP contribution < -0.4 is 0 Å². The second kappa shape index (κ2) is 6.83. The molecule has 0 spiro atoms. The van der Waals surface area contributed by atoms with Crippen molar-refractivity contribution in [2.45, 2.75) is 57.3 Å². The fourth-order valence-corrected chi connectivity index (χ4v) is 2.66. The van der Waals surface area contributed by atoms with Crippen LogP contribution in [0.3, 0.4) is 0 Å². The number of benzene rings is 1. The van der Waals surface area contributed by atoms with Crippen molar-refractivity contribution in [3.8, 4) is 0 Å². The Morgan fingerprint density at radius 2 is 2.21 bits per heavy atom. The van der Waals surface area contributed by atoms with Crippen LogP contribution in [0.4, 0.5) is 0 Å². The molecule has 1 aliphatic heterocycles. The zero-order valence-corrected chi connectivity index (χ0v) is 11.4. The molecule has 0 aromatic heterocycles. The minimum atomic E-state index is -0.309. The van der Waals surface area contributed by atoms with Crippen LogP contribution in [0, 0.1) is 0 Å². The summed E-state index contributed by atoms with van der Waals surface area (Å²) in [4.78, 5) is 11.0. The lowest BCUT2D eigenvalue weighted by atomic mass is 9.92. The standard InChI is InChI=1S/C16H22O3/c1-12(18)6-2-5-9-16-15-8-4-3-7-13(15)10-14(11-17)19-16/h3-4,7-8,11-12,14,16,18H,2,5-6,9-10H2,1H3/t12?,14?,16-/m1/s1. The molecule has 0 aliphatic carbocycles. The molecule has 104 valence electrons. The van der Waals surface area contributed by atoms with E-state index in [0.29, 0.717) is 6.42 Å². The topological polar surface area (TPSA) is 46.5 Å². The van der Waals surface area contributed by atoms with Crippen molar-refractivity contribution >= 4 is 6.29 Å². The number of aliphatic hydroxyl groups is 1. The number of aldehydes is 1. The van der Waals surface area contributed by atoms with Gasteiger partial charge in [-0.3, -0.25) is 0 Å². The molecule has 1 aromatic rings. The zero-order valence-electron chi connectivity index (χ0n) is 11.4.